The number of hydrogen-bond donors (Lipinski definition) is 1. The molecule has 19 heavy (non-hydrogen) atoms. The average molecular weight is 265 g/mol. The van der Waals surface area contributed by atoms with E-state index in [-0.39, 0.29) is 0 Å². The molecule has 0 aromatic carbocycles. The second-order valence-electron chi connectivity index (χ2n) is 5.03. The number of piperidine rings is 1. The molecule has 1 aliphatic rings. The highest BCUT2D eigenvalue weighted by Crippen LogP contribution is 2.22. The Hall–Kier alpha value is -1.59. The molecule has 1 aromatic heterocycles. The summed E-state index contributed by atoms with van der Waals surface area (Å²) < 4.78 is 5.53. The van der Waals surface area contributed by atoms with E-state index in [1.807, 2.05) is 7.05 Å². The molecule has 1 fully saturated rings. The summed E-state index contributed by atoms with van der Waals surface area (Å²) in [6.45, 7) is 6.96. The van der Waals surface area contributed by atoms with E-state index in [2.05, 4.69) is 39.0 Å². The highest BCUT2D eigenvalue weighted by Gasteiger charge is 2.20. The van der Waals surface area contributed by atoms with Crippen LogP contribution in [0, 0.1) is 5.92 Å². The predicted octanol–water partition coefficient (Wildman–Crippen LogP) is 1.94. The summed E-state index contributed by atoms with van der Waals surface area (Å²) in [7, 11) is 1.81. The summed E-state index contributed by atoms with van der Waals surface area (Å²) in [5.74, 6) is 1.97. The van der Waals surface area contributed by atoms with Crippen LogP contribution in [-0.2, 0) is 0 Å². The van der Waals surface area contributed by atoms with Gasteiger partial charge in [0, 0.05) is 20.1 Å². The van der Waals surface area contributed by atoms with Crippen LogP contribution >= 0.6 is 0 Å². The van der Waals surface area contributed by atoms with Gasteiger partial charge in [-0.1, -0.05) is 13.8 Å². The molecule has 0 aliphatic carbocycles. The average Bonchev–Trinajstić information content (AvgIpc) is 2.44. The second kappa shape index (κ2) is 6.54. The van der Waals surface area contributed by atoms with Crippen molar-refractivity contribution in [3.63, 3.8) is 0 Å². The number of anilines is 2. The quantitative estimate of drug-likeness (QED) is 0.877. The van der Waals surface area contributed by atoms with E-state index in [0.29, 0.717) is 24.5 Å². The van der Waals surface area contributed by atoms with Gasteiger partial charge in [-0.25, -0.2) is 0 Å². The van der Waals surface area contributed by atoms with Gasteiger partial charge in [0.1, 0.15) is 0 Å². The number of ether oxygens (including phenoxy) is 1. The molecule has 1 saturated heterocycles. The first kappa shape index (κ1) is 13.8. The lowest BCUT2D eigenvalue weighted by molar-refractivity contribution is 0.291. The Bertz CT molecular complexity index is 412. The fraction of sp³-hybridized carbons (Fsp3) is 0.769. The van der Waals surface area contributed by atoms with Gasteiger partial charge in [-0.2, -0.15) is 15.0 Å². The van der Waals surface area contributed by atoms with Crippen molar-refractivity contribution >= 4 is 11.9 Å². The van der Waals surface area contributed by atoms with Crippen LogP contribution in [-0.4, -0.2) is 41.7 Å². The molecule has 0 bridgehead atoms. The Morgan fingerprint density at radius 3 is 2.89 bits per heavy atom. The molecule has 1 N–H and O–H groups in total. The third-order valence-electron chi connectivity index (χ3n) is 3.20. The van der Waals surface area contributed by atoms with Gasteiger partial charge in [0.25, 0.3) is 0 Å². The molecule has 2 rings (SSSR count). The van der Waals surface area contributed by atoms with E-state index in [4.69, 9.17) is 4.74 Å². The summed E-state index contributed by atoms with van der Waals surface area (Å²) in [5.41, 5.74) is 0. The topological polar surface area (TPSA) is 63.2 Å². The van der Waals surface area contributed by atoms with Crippen LogP contribution in [0.15, 0.2) is 0 Å². The molecule has 1 unspecified atom stereocenters. The van der Waals surface area contributed by atoms with Crippen molar-refractivity contribution in [2.45, 2.75) is 33.1 Å². The monoisotopic (exact) mass is 265 g/mol. The Labute approximate surface area is 114 Å². The summed E-state index contributed by atoms with van der Waals surface area (Å²) in [4.78, 5) is 15.3. The third kappa shape index (κ3) is 3.68. The maximum atomic E-state index is 5.53. The maximum Gasteiger partial charge on any atom is 0.323 e. The molecule has 0 spiro atoms. The number of nitrogens with one attached hydrogen (secondary N) is 1. The Balaban J connectivity index is 2.17. The molecule has 2 heterocycles. The molecule has 0 saturated carbocycles. The molecule has 1 aromatic rings. The van der Waals surface area contributed by atoms with Crippen molar-refractivity contribution in [1.29, 1.82) is 0 Å². The van der Waals surface area contributed by atoms with E-state index >= 15 is 0 Å². The van der Waals surface area contributed by atoms with Gasteiger partial charge in [-0.3, -0.25) is 0 Å². The molecule has 1 atom stereocenters. The normalized spacial score (nSPS) is 19.3. The fourth-order valence-electron chi connectivity index (χ4n) is 2.23. The van der Waals surface area contributed by atoms with E-state index in [1.165, 1.54) is 12.8 Å². The van der Waals surface area contributed by atoms with Gasteiger partial charge < -0.3 is 15.0 Å². The van der Waals surface area contributed by atoms with Crippen molar-refractivity contribution < 1.29 is 4.74 Å². The summed E-state index contributed by atoms with van der Waals surface area (Å²) in [5, 5.41) is 2.97. The van der Waals surface area contributed by atoms with Gasteiger partial charge in [-0.05, 0) is 25.2 Å². The minimum Gasteiger partial charge on any atom is -0.463 e. The maximum absolute atomic E-state index is 5.53. The first-order chi connectivity index (χ1) is 9.22. The SMILES string of the molecule is CCCOc1nc(NC)nc(N2CCCC(C)C2)n1. The van der Waals surface area contributed by atoms with Crippen molar-refractivity contribution in [1.82, 2.24) is 15.0 Å². The summed E-state index contributed by atoms with van der Waals surface area (Å²) >= 11 is 0. The minimum absolute atomic E-state index is 0.412. The van der Waals surface area contributed by atoms with Crippen molar-refractivity contribution in [3.05, 3.63) is 0 Å². The van der Waals surface area contributed by atoms with Crippen LogP contribution in [0.3, 0.4) is 0 Å². The first-order valence-corrected chi connectivity index (χ1v) is 7.04. The molecule has 6 heteroatoms. The second-order valence-corrected chi connectivity index (χ2v) is 5.03. The van der Waals surface area contributed by atoms with E-state index < -0.39 is 0 Å². The third-order valence-corrected chi connectivity index (χ3v) is 3.20. The minimum atomic E-state index is 0.412. The zero-order chi connectivity index (χ0) is 13.7. The zero-order valence-electron chi connectivity index (χ0n) is 12.0. The number of rotatable bonds is 5. The van der Waals surface area contributed by atoms with Crippen molar-refractivity contribution in [3.8, 4) is 6.01 Å². The highest BCUT2D eigenvalue weighted by atomic mass is 16.5. The lowest BCUT2D eigenvalue weighted by Crippen LogP contribution is -2.35. The van der Waals surface area contributed by atoms with Gasteiger partial charge in [0.05, 0.1) is 6.61 Å². The van der Waals surface area contributed by atoms with Crippen LogP contribution in [0.5, 0.6) is 6.01 Å². The van der Waals surface area contributed by atoms with Crippen molar-refractivity contribution in [2.24, 2.45) is 5.92 Å². The number of hydrogen-bond acceptors (Lipinski definition) is 6. The Morgan fingerprint density at radius 1 is 1.37 bits per heavy atom. The van der Waals surface area contributed by atoms with Crippen LogP contribution in [0.2, 0.25) is 0 Å². The first-order valence-electron chi connectivity index (χ1n) is 7.04. The molecule has 106 valence electrons. The zero-order valence-corrected chi connectivity index (χ0v) is 12.0. The summed E-state index contributed by atoms with van der Waals surface area (Å²) in [6.07, 6.45) is 3.41. The van der Waals surface area contributed by atoms with Gasteiger partial charge >= 0.3 is 6.01 Å². The lowest BCUT2D eigenvalue weighted by Gasteiger charge is -2.30. The number of nitrogens with zero attached hydrogens (tertiary/aromatic N) is 4. The summed E-state index contributed by atoms with van der Waals surface area (Å²) in [6, 6.07) is 0.412. The fourth-order valence-corrected chi connectivity index (χ4v) is 2.23. The Kier molecular flexibility index (Phi) is 4.76. The van der Waals surface area contributed by atoms with Gasteiger partial charge in [0.2, 0.25) is 11.9 Å². The standard InChI is InChI=1S/C13H23N5O/c1-4-8-19-13-16-11(14-3)15-12(17-13)18-7-5-6-10(2)9-18/h10H,4-9H2,1-3H3,(H,14,15,16,17). The van der Waals surface area contributed by atoms with Crippen LogP contribution in [0.25, 0.3) is 0 Å². The van der Waals surface area contributed by atoms with Gasteiger partial charge in [-0.15, -0.1) is 0 Å². The van der Waals surface area contributed by atoms with Crippen molar-refractivity contribution in [2.75, 3.05) is 37.0 Å². The van der Waals surface area contributed by atoms with E-state index in [1.54, 1.807) is 0 Å². The molecular formula is C13H23N5O. The molecule has 1 aliphatic heterocycles. The highest BCUT2D eigenvalue weighted by molar-refractivity contribution is 5.38. The predicted molar refractivity (Wildman–Crippen MR) is 75.8 cm³/mol. The van der Waals surface area contributed by atoms with Gasteiger partial charge in [0.15, 0.2) is 0 Å². The smallest absolute Gasteiger partial charge is 0.323 e. The van der Waals surface area contributed by atoms with Crippen LogP contribution in [0.4, 0.5) is 11.9 Å². The molecule has 6 nitrogen and oxygen atoms in total. The number of aromatic nitrogens is 3. The molecular weight excluding hydrogens is 242 g/mol. The lowest BCUT2D eigenvalue weighted by atomic mass is 10.0. The molecule has 0 radical (unpaired) electrons. The largest absolute Gasteiger partial charge is 0.463 e. The molecule has 0 amide bonds. The van der Waals surface area contributed by atoms with E-state index in [9.17, 15) is 0 Å². The Morgan fingerprint density at radius 2 is 2.21 bits per heavy atom. The van der Waals surface area contributed by atoms with Crippen LogP contribution in [0.1, 0.15) is 33.1 Å². The van der Waals surface area contributed by atoms with Crippen LogP contribution < -0.4 is 15.0 Å². The van der Waals surface area contributed by atoms with E-state index in [0.717, 1.165) is 25.5 Å².